The molecule has 4 nitrogen and oxygen atoms in total. The second-order valence-electron chi connectivity index (χ2n) is 18.7. The van der Waals surface area contributed by atoms with Gasteiger partial charge in [0.05, 0.1) is 16.9 Å². The van der Waals surface area contributed by atoms with E-state index in [9.17, 15) is 0 Å². The third-order valence-electron chi connectivity index (χ3n) is 14.7. The van der Waals surface area contributed by atoms with Crippen LogP contribution in [-0.2, 0) is 0 Å². The van der Waals surface area contributed by atoms with Crippen molar-refractivity contribution in [1.29, 1.82) is 0 Å². The zero-order valence-electron chi connectivity index (χ0n) is 35.5. The van der Waals surface area contributed by atoms with Crippen molar-refractivity contribution in [1.82, 2.24) is 9.97 Å². The maximum Gasteiger partial charge on any atom is 0.159 e. The topological polar surface area (TPSA) is 32.3 Å². The van der Waals surface area contributed by atoms with Gasteiger partial charge in [-0.2, -0.15) is 0 Å². The van der Waals surface area contributed by atoms with Crippen LogP contribution in [0, 0.1) is 23.7 Å². The lowest BCUT2D eigenvalue weighted by molar-refractivity contribution is 0.515. The van der Waals surface area contributed by atoms with E-state index in [2.05, 4.69) is 189 Å². The Balaban J connectivity index is 1.14. The first kappa shape index (κ1) is 37.3. The average Bonchev–Trinajstić information content (AvgIpc) is 3.75. The van der Waals surface area contributed by atoms with Gasteiger partial charge >= 0.3 is 0 Å². The Hall–Kier alpha value is -5.74. The van der Waals surface area contributed by atoms with Crippen molar-refractivity contribution in [2.75, 3.05) is 9.80 Å². The van der Waals surface area contributed by atoms with Crippen LogP contribution in [0.2, 0.25) is 0 Å². The van der Waals surface area contributed by atoms with Crippen molar-refractivity contribution in [2.24, 2.45) is 23.7 Å². The number of aromatic nitrogens is 2. The van der Waals surface area contributed by atoms with E-state index in [4.69, 9.17) is 9.97 Å². The molecule has 0 amide bonds. The largest absolute Gasteiger partial charge is 0.337 e. The number of rotatable bonds is 6. The van der Waals surface area contributed by atoms with Crippen molar-refractivity contribution < 1.29 is 0 Å². The van der Waals surface area contributed by atoms with Gasteiger partial charge in [-0.15, -0.1) is 0 Å². The van der Waals surface area contributed by atoms with Crippen molar-refractivity contribution >= 4 is 22.6 Å². The molecule has 8 unspecified atom stereocenters. The standard InChI is InChI=1S/C56H56N4/c1-36-17-15-20-39(31-36)55-57-49(35-50(58-55)54-38(3)19-16-25-46(54)43-21-6-5-18-37(43)2)40-32-41(59-51-27-10-7-22-44(51)45-23-8-11-28-52(45)59)34-42(33-40)60-53-29-12-9-24-47(53)48-26-13-14-30-56(48,60)4/h5-7,9,11-16,19-22,24-26,28-38,44,48,51,54H,8,10,17-18,23,27H2,1-4H3. The molecule has 0 N–H and O–H groups in total. The highest BCUT2D eigenvalue weighted by Gasteiger charge is 2.47. The summed E-state index contributed by atoms with van der Waals surface area (Å²) < 4.78 is 0. The Kier molecular flexibility index (Phi) is 9.17. The maximum absolute atomic E-state index is 5.58. The number of allylic oxidation sites excluding steroid dienone is 17. The summed E-state index contributed by atoms with van der Waals surface area (Å²) in [5.74, 6) is 2.81. The number of benzene rings is 2. The third-order valence-corrected chi connectivity index (χ3v) is 14.7. The molecule has 300 valence electrons. The molecule has 1 aromatic heterocycles. The Morgan fingerprint density at radius 1 is 0.767 bits per heavy atom. The summed E-state index contributed by atoms with van der Waals surface area (Å²) in [7, 11) is 0. The average molecular weight is 785 g/mol. The van der Waals surface area contributed by atoms with E-state index >= 15 is 0 Å². The molecule has 0 spiro atoms. The molecule has 2 aliphatic heterocycles. The zero-order chi connectivity index (χ0) is 40.5. The molecule has 3 heterocycles. The van der Waals surface area contributed by atoms with Gasteiger partial charge in [-0.25, -0.2) is 9.97 Å². The van der Waals surface area contributed by atoms with E-state index < -0.39 is 0 Å². The molecule has 0 saturated carbocycles. The number of hydrogen-bond donors (Lipinski definition) is 0. The molecule has 2 aromatic carbocycles. The third kappa shape index (κ3) is 6.08. The second-order valence-corrected chi connectivity index (χ2v) is 18.7. The van der Waals surface area contributed by atoms with Crippen LogP contribution in [0.4, 0.5) is 17.1 Å². The van der Waals surface area contributed by atoms with E-state index in [1.165, 1.54) is 39.5 Å². The van der Waals surface area contributed by atoms with E-state index in [1.54, 1.807) is 5.57 Å². The van der Waals surface area contributed by atoms with Gasteiger partial charge in [0, 0.05) is 57.7 Å². The fourth-order valence-corrected chi connectivity index (χ4v) is 11.8. The van der Waals surface area contributed by atoms with E-state index in [-0.39, 0.29) is 23.3 Å². The molecule has 0 fully saturated rings. The second kappa shape index (κ2) is 14.8. The fraction of sp³-hybridized carbons (Fsp3) is 0.321. The summed E-state index contributed by atoms with van der Waals surface area (Å²) in [6.45, 7) is 9.44. The monoisotopic (exact) mass is 784 g/mol. The summed E-state index contributed by atoms with van der Waals surface area (Å²) in [5, 5.41) is 0. The van der Waals surface area contributed by atoms with Gasteiger partial charge in [0.1, 0.15) is 0 Å². The molecule has 60 heavy (non-hydrogen) atoms. The van der Waals surface area contributed by atoms with E-state index in [0.717, 1.165) is 66.9 Å². The van der Waals surface area contributed by atoms with E-state index in [0.29, 0.717) is 23.8 Å². The number of anilines is 3. The van der Waals surface area contributed by atoms with Gasteiger partial charge in [0.2, 0.25) is 0 Å². The van der Waals surface area contributed by atoms with Gasteiger partial charge in [-0.1, -0.05) is 136 Å². The molecular formula is C56H56N4. The zero-order valence-corrected chi connectivity index (χ0v) is 35.5. The summed E-state index contributed by atoms with van der Waals surface area (Å²) >= 11 is 0. The molecule has 8 aliphatic rings. The highest BCUT2D eigenvalue weighted by molar-refractivity contribution is 5.84. The summed E-state index contributed by atoms with van der Waals surface area (Å²) in [6, 6.07) is 19.2. The van der Waals surface area contributed by atoms with Crippen LogP contribution in [-0.4, -0.2) is 21.5 Å². The normalized spacial score (nSPS) is 30.9. The van der Waals surface area contributed by atoms with Crippen LogP contribution in [0.1, 0.15) is 95.1 Å². The van der Waals surface area contributed by atoms with Crippen molar-refractivity contribution in [2.45, 2.75) is 89.6 Å². The minimum absolute atomic E-state index is 0.113. The predicted molar refractivity (Wildman–Crippen MR) is 250 cm³/mol. The van der Waals surface area contributed by atoms with Crippen LogP contribution >= 0.6 is 0 Å². The maximum atomic E-state index is 5.58. The smallest absolute Gasteiger partial charge is 0.159 e. The van der Waals surface area contributed by atoms with Crippen LogP contribution in [0.25, 0.3) is 16.8 Å². The number of fused-ring (bicyclic) bond motifs is 5. The number of para-hydroxylation sites is 1. The quantitative estimate of drug-likeness (QED) is 0.233. The first-order chi connectivity index (χ1) is 29.4. The lowest BCUT2D eigenvalue weighted by Crippen LogP contribution is -2.42. The SMILES string of the molecule is CC1C=C(c2nc(-c3cc(N4C5=C(CCC=C5)C5C=CCCC54)cc(N4c5ccccc5C5C=CC=CC54C)c3)cc(C3C(C4=CC=CCC4C)=CC=CC3C)n2)C=CC1. The van der Waals surface area contributed by atoms with Crippen LogP contribution in [0.3, 0.4) is 0 Å². The van der Waals surface area contributed by atoms with Gasteiger partial charge in [-0.05, 0) is 122 Å². The molecule has 6 aliphatic carbocycles. The Morgan fingerprint density at radius 3 is 2.55 bits per heavy atom. The van der Waals surface area contributed by atoms with Crippen LogP contribution < -0.4 is 9.80 Å². The molecule has 0 bridgehead atoms. The molecule has 0 saturated heterocycles. The molecule has 11 rings (SSSR count). The minimum atomic E-state index is -0.261. The summed E-state index contributed by atoms with van der Waals surface area (Å²) in [4.78, 5) is 16.5. The minimum Gasteiger partial charge on any atom is -0.337 e. The van der Waals surface area contributed by atoms with Crippen molar-refractivity contribution in [3.8, 4) is 11.3 Å². The van der Waals surface area contributed by atoms with Crippen molar-refractivity contribution in [3.05, 3.63) is 191 Å². The molecule has 4 heteroatoms. The number of nitrogens with zero attached hydrogens (tertiary/aromatic N) is 4. The molecule has 3 aromatic rings. The van der Waals surface area contributed by atoms with Crippen LogP contribution in [0.15, 0.2) is 174 Å². The molecular weight excluding hydrogens is 729 g/mol. The lowest BCUT2D eigenvalue weighted by Gasteiger charge is -2.40. The molecule has 0 radical (unpaired) electrons. The highest BCUT2D eigenvalue weighted by atomic mass is 15.2. The first-order valence-corrected chi connectivity index (χ1v) is 22.6. The lowest BCUT2D eigenvalue weighted by atomic mass is 9.73. The first-order valence-electron chi connectivity index (χ1n) is 22.6. The van der Waals surface area contributed by atoms with Crippen molar-refractivity contribution in [3.63, 3.8) is 0 Å². The van der Waals surface area contributed by atoms with Crippen LogP contribution in [0.5, 0.6) is 0 Å². The molecule has 8 atom stereocenters. The fourth-order valence-electron chi connectivity index (χ4n) is 11.8. The number of hydrogen-bond acceptors (Lipinski definition) is 4. The summed E-state index contributed by atoms with van der Waals surface area (Å²) in [5.41, 5.74) is 15.0. The summed E-state index contributed by atoms with van der Waals surface area (Å²) in [6.07, 6.45) is 46.4. The Bertz CT molecular complexity index is 2620. The highest BCUT2D eigenvalue weighted by Crippen LogP contribution is 2.56. The van der Waals surface area contributed by atoms with Gasteiger partial charge in [0.25, 0.3) is 0 Å². The van der Waals surface area contributed by atoms with E-state index in [1.807, 2.05) is 0 Å². The predicted octanol–water partition coefficient (Wildman–Crippen LogP) is 13.7. The Morgan fingerprint density at radius 2 is 1.65 bits per heavy atom. The van der Waals surface area contributed by atoms with Gasteiger partial charge in [0.15, 0.2) is 5.82 Å². The van der Waals surface area contributed by atoms with Gasteiger partial charge in [-0.3, -0.25) is 0 Å². The Labute approximate surface area is 356 Å². The van der Waals surface area contributed by atoms with Gasteiger partial charge < -0.3 is 9.80 Å².